The van der Waals surface area contributed by atoms with Gasteiger partial charge in [-0.15, -0.1) is 26.8 Å². The molecule has 1 atom stereocenters. The average molecular weight is 455 g/mol. The summed E-state index contributed by atoms with van der Waals surface area (Å²) < 4.78 is 59.6. The molecule has 1 rings (SSSR count). The minimum Gasteiger partial charge on any atom is -0.496 e. The Hall–Kier alpha value is -1.04. The maximum Gasteiger partial charge on any atom is 0.418 e. The number of methoxy groups -OCH3 is 1. The van der Waals surface area contributed by atoms with Crippen molar-refractivity contribution in [2.75, 3.05) is 7.11 Å². The van der Waals surface area contributed by atoms with Gasteiger partial charge in [0.1, 0.15) is 11.6 Å². The molecule has 0 aliphatic heterocycles. The number of aliphatic hydroxyl groups is 1. The van der Waals surface area contributed by atoms with Gasteiger partial charge < -0.3 is 9.84 Å². The topological polar surface area (TPSA) is 29.5 Å². The fourth-order valence-corrected chi connectivity index (χ4v) is 3.63. The standard InChI is InChI=1S/C18H23BrF4O2Si/c1-16(2,14-11-13(20)7-8-15(14)25-3)12-17(24,18(21,22)23)9-6-10-26(4,5)19/h7-8,11,24H,9,12H2,1-5H3. The summed E-state index contributed by atoms with van der Waals surface area (Å²) in [7, 11) is 1.36. The minimum atomic E-state index is -4.88. The lowest BCUT2D eigenvalue weighted by atomic mass is 9.73. The van der Waals surface area contributed by atoms with E-state index in [9.17, 15) is 22.7 Å². The molecule has 0 aliphatic rings. The first-order chi connectivity index (χ1) is 11.6. The van der Waals surface area contributed by atoms with E-state index < -0.39 is 42.5 Å². The maximum atomic E-state index is 13.7. The fraction of sp³-hybridized carbons (Fsp3) is 0.556. The summed E-state index contributed by atoms with van der Waals surface area (Å²) in [5.41, 5.74) is -1.20. The third-order valence-corrected chi connectivity index (χ3v) is 5.29. The molecule has 0 aromatic heterocycles. The third-order valence-electron chi connectivity index (χ3n) is 3.92. The van der Waals surface area contributed by atoms with Gasteiger partial charge in [0.15, 0.2) is 5.60 Å². The average Bonchev–Trinajstić information content (AvgIpc) is 2.44. The number of halogens is 5. The number of ether oxygens (including phenoxy) is 1. The van der Waals surface area contributed by atoms with Gasteiger partial charge in [-0.2, -0.15) is 13.2 Å². The van der Waals surface area contributed by atoms with E-state index in [1.807, 2.05) is 13.1 Å². The monoisotopic (exact) mass is 454 g/mol. The Morgan fingerprint density at radius 1 is 1.23 bits per heavy atom. The van der Waals surface area contributed by atoms with Crippen molar-refractivity contribution >= 4 is 22.0 Å². The van der Waals surface area contributed by atoms with E-state index in [4.69, 9.17) is 4.74 Å². The molecule has 1 N–H and O–H groups in total. The zero-order valence-electron chi connectivity index (χ0n) is 15.4. The summed E-state index contributed by atoms with van der Waals surface area (Å²) in [6, 6.07) is 3.66. The molecule has 146 valence electrons. The van der Waals surface area contributed by atoms with Crippen molar-refractivity contribution in [3.8, 4) is 17.2 Å². The highest BCUT2D eigenvalue weighted by Crippen LogP contribution is 2.45. The van der Waals surface area contributed by atoms with Crippen LogP contribution >= 0.6 is 15.3 Å². The summed E-state index contributed by atoms with van der Waals surface area (Å²) in [5.74, 6) is 2.15. The Balaban J connectivity index is 3.29. The van der Waals surface area contributed by atoms with Gasteiger partial charge >= 0.3 is 6.18 Å². The molecule has 2 nitrogen and oxygen atoms in total. The largest absolute Gasteiger partial charge is 0.496 e. The van der Waals surface area contributed by atoms with Crippen molar-refractivity contribution in [1.82, 2.24) is 0 Å². The van der Waals surface area contributed by atoms with Crippen molar-refractivity contribution in [2.45, 2.75) is 57.0 Å². The molecule has 1 aromatic rings. The second-order valence-electron chi connectivity index (χ2n) is 7.39. The lowest BCUT2D eigenvalue weighted by Gasteiger charge is -2.37. The van der Waals surface area contributed by atoms with E-state index in [0.717, 1.165) is 6.07 Å². The van der Waals surface area contributed by atoms with Gasteiger partial charge in [-0.3, -0.25) is 0 Å². The second-order valence-corrected chi connectivity index (χ2v) is 16.5. The van der Waals surface area contributed by atoms with Gasteiger partial charge in [0, 0.05) is 12.0 Å². The number of hydrogen-bond donors (Lipinski definition) is 1. The van der Waals surface area contributed by atoms with Crippen LogP contribution in [0.1, 0.15) is 32.3 Å². The van der Waals surface area contributed by atoms with E-state index >= 15 is 0 Å². The normalized spacial score (nSPS) is 15.0. The molecular weight excluding hydrogens is 432 g/mol. The number of rotatable bonds is 5. The molecule has 26 heavy (non-hydrogen) atoms. The predicted molar refractivity (Wildman–Crippen MR) is 100 cm³/mol. The summed E-state index contributed by atoms with van der Waals surface area (Å²) in [4.78, 5) is 0. The van der Waals surface area contributed by atoms with E-state index in [1.165, 1.54) is 33.1 Å². The van der Waals surface area contributed by atoms with Crippen molar-refractivity contribution in [1.29, 1.82) is 0 Å². The number of alkyl halides is 3. The molecular formula is C18H23BrF4O2Si. The Kier molecular flexibility index (Phi) is 6.99. The lowest BCUT2D eigenvalue weighted by molar-refractivity contribution is -0.264. The molecule has 0 amide bonds. The molecule has 0 heterocycles. The summed E-state index contributed by atoms with van der Waals surface area (Å²) in [6.07, 6.45) is -6.31. The van der Waals surface area contributed by atoms with Crippen LogP contribution in [0.3, 0.4) is 0 Å². The number of hydrogen-bond acceptors (Lipinski definition) is 2. The Morgan fingerprint density at radius 2 is 1.81 bits per heavy atom. The zero-order valence-corrected chi connectivity index (χ0v) is 18.0. The maximum absolute atomic E-state index is 13.7. The molecule has 1 aromatic carbocycles. The first kappa shape index (κ1) is 23.0. The third kappa shape index (κ3) is 6.00. The van der Waals surface area contributed by atoms with Crippen molar-refractivity contribution in [3.63, 3.8) is 0 Å². The Morgan fingerprint density at radius 3 is 2.27 bits per heavy atom. The highest BCUT2D eigenvalue weighted by molar-refractivity contribution is 9.26. The van der Waals surface area contributed by atoms with Crippen LogP contribution in [0.2, 0.25) is 13.1 Å². The van der Waals surface area contributed by atoms with Gasteiger partial charge in [0.25, 0.3) is 0 Å². The highest BCUT2D eigenvalue weighted by atomic mass is 79.9. The molecule has 0 bridgehead atoms. The van der Waals surface area contributed by atoms with Crippen LogP contribution in [-0.2, 0) is 5.41 Å². The molecule has 0 saturated heterocycles. The quantitative estimate of drug-likeness (QED) is 0.282. The summed E-state index contributed by atoms with van der Waals surface area (Å²) >= 11 is 3.37. The van der Waals surface area contributed by atoms with Crippen LogP contribution in [0.15, 0.2) is 18.2 Å². The number of benzene rings is 1. The van der Waals surface area contributed by atoms with E-state index in [0.29, 0.717) is 0 Å². The molecule has 0 radical (unpaired) electrons. The van der Waals surface area contributed by atoms with Gasteiger partial charge in [-0.25, -0.2) is 4.39 Å². The highest BCUT2D eigenvalue weighted by Gasteiger charge is 2.55. The van der Waals surface area contributed by atoms with Crippen molar-refractivity contribution in [2.24, 2.45) is 0 Å². The van der Waals surface area contributed by atoms with Crippen LogP contribution in [0.5, 0.6) is 5.75 Å². The summed E-state index contributed by atoms with van der Waals surface area (Å²) in [5, 5.41) is 10.4. The van der Waals surface area contributed by atoms with Crippen molar-refractivity contribution < 1.29 is 27.4 Å². The first-order valence-corrected chi connectivity index (χ1v) is 13.2. The smallest absolute Gasteiger partial charge is 0.418 e. The lowest BCUT2D eigenvalue weighted by Crippen LogP contribution is -2.49. The first-order valence-electron chi connectivity index (χ1n) is 7.93. The van der Waals surface area contributed by atoms with Crippen LogP contribution < -0.4 is 4.74 Å². The van der Waals surface area contributed by atoms with Gasteiger partial charge in [-0.1, -0.05) is 13.8 Å². The van der Waals surface area contributed by atoms with E-state index in [2.05, 4.69) is 26.8 Å². The zero-order chi connectivity index (χ0) is 20.4. The molecule has 0 aliphatic carbocycles. The van der Waals surface area contributed by atoms with Crippen LogP contribution in [0.4, 0.5) is 17.6 Å². The van der Waals surface area contributed by atoms with Gasteiger partial charge in [0.2, 0.25) is 6.69 Å². The van der Waals surface area contributed by atoms with Gasteiger partial charge in [-0.05, 0) is 43.1 Å². The van der Waals surface area contributed by atoms with Crippen molar-refractivity contribution in [3.05, 3.63) is 29.6 Å². The molecule has 0 saturated carbocycles. The Labute approximate surface area is 160 Å². The molecule has 0 fully saturated rings. The molecule has 0 spiro atoms. The minimum absolute atomic E-state index is 0.255. The summed E-state index contributed by atoms with van der Waals surface area (Å²) in [6.45, 7) is 4.62. The molecule has 1 unspecified atom stereocenters. The fourth-order valence-electron chi connectivity index (χ4n) is 2.70. The van der Waals surface area contributed by atoms with Crippen LogP contribution in [0.25, 0.3) is 0 Å². The second kappa shape index (κ2) is 7.91. The predicted octanol–water partition coefficient (Wildman–Crippen LogP) is 5.33. The van der Waals surface area contributed by atoms with Crippen LogP contribution in [0, 0.1) is 17.3 Å². The SMILES string of the molecule is COc1ccc(F)cc1C(C)(C)CC(O)(CC#C[Si](C)(C)Br)C(F)(F)F. The van der Waals surface area contributed by atoms with E-state index in [-0.39, 0.29) is 11.3 Å². The molecule has 8 heteroatoms. The van der Waals surface area contributed by atoms with Gasteiger partial charge in [0.05, 0.1) is 7.11 Å². The Bertz CT molecular complexity index is 702. The van der Waals surface area contributed by atoms with Crippen LogP contribution in [-0.4, -0.2) is 30.7 Å². The van der Waals surface area contributed by atoms with E-state index in [1.54, 1.807) is 0 Å².